The molecule has 2 aromatic heterocycles. The number of H-pyrrole nitrogens is 1. The van der Waals surface area contributed by atoms with Crippen LogP contribution >= 0.6 is 0 Å². The highest BCUT2D eigenvalue weighted by Crippen LogP contribution is 2.35. The highest BCUT2D eigenvalue weighted by Gasteiger charge is 2.42. The van der Waals surface area contributed by atoms with Crippen molar-refractivity contribution >= 4 is 39.7 Å². The molecule has 12 nitrogen and oxygen atoms in total. The quantitative estimate of drug-likeness (QED) is 0.210. The molecular formula is C26H25F3N6O6. The predicted octanol–water partition coefficient (Wildman–Crippen LogP) is 2.84. The van der Waals surface area contributed by atoms with Crippen molar-refractivity contribution in [3.8, 4) is 17.2 Å². The average Bonchev–Trinajstić information content (AvgIpc) is 3.33. The molecule has 1 atom stereocenters. The zero-order valence-electron chi connectivity index (χ0n) is 21.9. The third-order valence-corrected chi connectivity index (χ3v) is 6.46. The van der Waals surface area contributed by atoms with Crippen molar-refractivity contribution in [3.05, 3.63) is 46.4 Å². The van der Waals surface area contributed by atoms with Crippen LogP contribution in [0.2, 0.25) is 0 Å². The van der Waals surface area contributed by atoms with E-state index in [0.29, 0.717) is 43.0 Å². The van der Waals surface area contributed by atoms with Gasteiger partial charge in [0.15, 0.2) is 11.5 Å². The molecule has 1 fully saturated rings. The number of aliphatic hydroxyl groups excluding tert-OH is 1. The number of hydrogen-bond donors (Lipinski definition) is 3. The van der Waals surface area contributed by atoms with E-state index in [-0.39, 0.29) is 29.8 Å². The Morgan fingerprint density at radius 2 is 2.00 bits per heavy atom. The van der Waals surface area contributed by atoms with Crippen LogP contribution in [0, 0.1) is 6.92 Å². The van der Waals surface area contributed by atoms with Crippen LogP contribution < -0.4 is 25.1 Å². The van der Waals surface area contributed by atoms with E-state index in [2.05, 4.69) is 30.0 Å². The molecule has 2 aromatic carbocycles. The number of anilines is 2. The molecule has 4 aromatic rings. The Bertz CT molecular complexity index is 1680. The summed E-state index contributed by atoms with van der Waals surface area (Å²) in [7, 11) is 1.50. The van der Waals surface area contributed by atoms with Crippen molar-refractivity contribution in [2.24, 2.45) is 0 Å². The number of para-hydroxylation sites is 1. The second-order valence-electron chi connectivity index (χ2n) is 9.29. The SMILES string of the molecule is COc1cccc2c(C)nc(Nc3nc4ccc(OCCN5CCC(O)C5)c(OC(=O)C(F)(F)F)c4c(=O)[nH]3)nc12. The summed E-state index contributed by atoms with van der Waals surface area (Å²) in [5, 5.41) is 12.8. The molecule has 15 heteroatoms. The number of likely N-dealkylation sites (tertiary alicyclic amines) is 1. The Morgan fingerprint density at radius 1 is 1.20 bits per heavy atom. The molecule has 5 rings (SSSR count). The van der Waals surface area contributed by atoms with Gasteiger partial charge in [-0.2, -0.15) is 13.2 Å². The summed E-state index contributed by atoms with van der Waals surface area (Å²) in [5.74, 6) is -3.01. The van der Waals surface area contributed by atoms with E-state index in [9.17, 15) is 27.9 Å². The number of alkyl halides is 3. The molecule has 216 valence electrons. The van der Waals surface area contributed by atoms with Gasteiger partial charge in [0.25, 0.3) is 5.56 Å². The van der Waals surface area contributed by atoms with Crippen LogP contribution in [0.1, 0.15) is 12.1 Å². The number of hydrogen-bond acceptors (Lipinski definition) is 11. The number of benzene rings is 2. The number of halogens is 3. The fraction of sp³-hybridized carbons (Fsp3) is 0.346. The Labute approximate surface area is 230 Å². The van der Waals surface area contributed by atoms with Crippen LogP contribution in [0.4, 0.5) is 25.1 Å². The van der Waals surface area contributed by atoms with Crippen molar-refractivity contribution in [3.63, 3.8) is 0 Å². The van der Waals surface area contributed by atoms with Gasteiger partial charge in [-0.25, -0.2) is 19.7 Å². The molecule has 0 saturated carbocycles. The van der Waals surface area contributed by atoms with Gasteiger partial charge in [-0.05, 0) is 31.5 Å². The highest BCUT2D eigenvalue weighted by atomic mass is 19.4. The molecule has 1 unspecified atom stereocenters. The van der Waals surface area contributed by atoms with Gasteiger partial charge in [-0.3, -0.25) is 20.0 Å². The minimum absolute atomic E-state index is 0.00187. The van der Waals surface area contributed by atoms with Crippen LogP contribution in [0.3, 0.4) is 0 Å². The number of nitrogens with zero attached hydrogens (tertiary/aromatic N) is 4. The van der Waals surface area contributed by atoms with Gasteiger partial charge >= 0.3 is 12.1 Å². The first-order chi connectivity index (χ1) is 19.5. The molecule has 41 heavy (non-hydrogen) atoms. The van der Waals surface area contributed by atoms with Gasteiger partial charge in [0, 0.05) is 25.0 Å². The Balaban J connectivity index is 1.48. The van der Waals surface area contributed by atoms with E-state index >= 15 is 0 Å². The van der Waals surface area contributed by atoms with Gasteiger partial charge in [0.05, 0.1) is 24.4 Å². The summed E-state index contributed by atoms with van der Waals surface area (Å²) in [6, 6.07) is 7.96. The maximum Gasteiger partial charge on any atom is 0.491 e. The monoisotopic (exact) mass is 574 g/mol. The topological polar surface area (TPSA) is 152 Å². The van der Waals surface area contributed by atoms with Gasteiger partial charge in [0.2, 0.25) is 11.9 Å². The fourth-order valence-corrected chi connectivity index (χ4v) is 4.52. The number of aliphatic hydroxyl groups is 1. The summed E-state index contributed by atoms with van der Waals surface area (Å²) < 4.78 is 54.9. The van der Waals surface area contributed by atoms with E-state index in [0.717, 1.165) is 5.39 Å². The third-order valence-electron chi connectivity index (χ3n) is 6.46. The number of carbonyl (C=O) groups is 1. The lowest BCUT2D eigenvalue weighted by Crippen LogP contribution is -2.29. The number of methoxy groups -OCH3 is 1. The van der Waals surface area contributed by atoms with Gasteiger partial charge in [-0.1, -0.05) is 12.1 Å². The molecule has 1 aliphatic heterocycles. The number of fused-ring (bicyclic) bond motifs is 2. The number of aryl methyl sites for hydroxylation is 1. The number of rotatable bonds is 8. The number of β-amino-alcohol motifs (C(OH)–C–C–N with tert-alkyl or cyclic N) is 1. The molecular weight excluding hydrogens is 549 g/mol. The number of aromatic nitrogens is 4. The summed E-state index contributed by atoms with van der Waals surface area (Å²) in [6.45, 7) is 3.19. The standard InChI is InChI=1S/C26H25F3N6O6/c1-13-15-4-3-5-17(39-2)20(15)32-24(30-13)34-25-31-16-6-7-18(40-11-10-35-9-8-14(36)12-35)21(19(16)22(37)33-25)41-23(38)26(27,28)29/h3-7,14,36H,8-12H2,1-2H3,(H2,30,31,32,33,34,37). The van der Waals surface area contributed by atoms with Crippen LogP contribution in [-0.4, -0.2) is 81.5 Å². The third kappa shape index (κ3) is 6.00. The van der Waals surface area contributed by atoms with Crippen LogP contribution in [0.5, 0.6) is 17.2 Å². The molecule has 3 N–H and O–H groups in total. The lowest BCUT2D eigenvalue weighted by atomic mass is 10.2. The summed E-state index contributed by atoms with van der Waals surface area (Å²) >= 11 is 0. The maximum absolute atomic E-state index is 13.1. The number of aromatic amines is 1. The van der Waals surface area contributed by atoms with Gasteiger partial charge in [-0.15, -0.1) is 0 Å². The number of ether oxygens (including phenoxy) is 3. The molecule has 1 aliphatic rings. The van der Waals surface area contributed by atoms with E-state index < -0.39 is 34.9 Å². The predicted molar refractivity (Wildman–Crippen MR) is 141 cm³/mol. The van der Waals surface area contributed by atoms with Crippen molar-refractivity contribution < 1.29 is 37.3 Å². The van der Waals surface area contributed by atoms with E-state index in [1.807, 2.05) is 11.0 Å². The maximum atomic E-state index is 13.1. The lowest BCUT2D eigenvalue weighted by molar-refractivity contribution is -0.189. The first kappa shape index (κ1) is 28.0. The lowest BCUT2D eigenvalue weighted by Gasteiger charge is -2.17. The second kappa shape index (κ2) is 11.2. The molecule has 0 spiro atoms. The van der Waals surface area contributed by atoms with Crippen molar-refractivity contribution in [2.75, 3.05) is 38.7 Å². The smallest absolute Gasteiger partial charge is 0.491 e. The van der Waals surface area contributed by atoms with E-state index in [1.165, 1.54) is 19.2 Å². The zero-order chi connectivity index (χ0) is 29.3. The molecule has 0 bridgehead atoms. The summed E-state index contributed by atoms with van der Waals surface area (Å²) in [6.07, 6.45) is -5.18. The zero-order valence-corrected chi connectivity index (χ0v) is 21.9. The first-order valence-electron chi connectivity index (χ1n) is 12.5. The fourth-order valence-electron chi connectivity index (χ4n) is 4.52. The Morgan fingerprint density at radius 3 is 2.71 bits per heavy atom. The summed E-state index contributed by atoms with van der Waals surface area (Å²) in [4.78, 5) is 42.3. The highest BCUT2D eigenvalue weighted by molar-refractivity contribution is 5.92. The van der Waals surface area contributed by atoms with Crippen molar-refractivity contribution in [1.29, 1.82) is 0 Å². The van der Waals surface area contributed by atoms with Crippen LogP contribution in [0.25, 0.3) is 21.8 Å². The van der Waals surface area contributed by atoms with Gasteiger partial charge in [0.1, 0.15) is 23.3 Å². The van der Waals surface area contributed by atoms with Gasteiger partial charge < -0.3 is 19.3 Å². The van der Waals surface area contributed by atoms with Crippen LogP contribution in [-0.2, 0) is 4.79 Å². The normalized spacial score (nSPS) is 15.8. The summed E-state index contributed by atoms with van der Waals surface area (Å²) in [5.41, 5.74) is 0.155. The molecule has 0 radical (unpaired) electrons. The van der Waals surface area contributed by atoms with Crippen LogP contribution in [0.15, 0.2) is 35.1 Å². The van der Waals surface area contributed by atoms with Crippen molar-refractivity contribution in [1.82, 2.24) is 24.8 Å². The average molecular weight is 575 g/mol. The first-order valence-corrected chi connectivity index (χ1v) is 12.5. The largest absolute Gasteiger partial charge is 0.494 e. The molecule has 0 aliphatic carbocycles. The Hall–Kier alpha value is -4.50. The number of carbonyl (C=O) groups excluding carboxylic acids is 1. The number of esters is 1. The second-order valence-corrected chi connectivity index (χ2v) is 9.29. The molecule has 3 heterocycles. The molecule has 0 amide bonds. The Kier molecular flexibility index (Phi) is 7.64. The minimum Gasteiger partial charge on any atom is -0.494 e. The van der Waals surface area contributed by atoms with E-state index in [1.54, 1.807) is 19.1 Å². The van der Waals surface area contributed by atoms with E-state index in [4.69, 9.17) is 9.47 Å². The van der Waals surface area contributed by atoms with Crippen molar-refractivity contribution in [2.45, 2.75) is 25.6 Å². The number of nitrogens with one attached hydrogen (secondary N) is 2. The molecule has 1 saturated heterocycles. The minimum atomic E-state index is -5.32.